The zero-order valence-electron chi connectivity index (χ0n) is 7.47. The first-order valence-electron chi connectivity index (χ1n) is 4.31. The van der Waals surface area contributed by atoms with Gasteiger partial charge in [-0.25, -0.2) is 0 Å². The lowest BCUT2D eigenvalue weighted by Gasteiger charge is -2.22. The van der Waals surface area contributed by atoms with Gasteiger partial charge in [-0.2, -0.15) is 0 Å². The number of ether oxygens (including phenoxy) is 1. The minimum absolute atomic E-state index is 0.532. The molecule has 0 saturated carbocycles. The van der Waals surface area contributed by atoms with Gasteiger partial charge in [-0.3, -0.25) is 0 Å². The maximum absolute atomic E-state index is 8.04. The van der Waals surface area contributed by atoms with Crippen LogP contribution < -0.4 is 5.32 Å². The lowest BCUT2D eigenvalue weighted by molar-refractivity contribution is 0.0299. The standard InChI is InChI=1S/C8H10ClNOS/c9-8-2-1-7(12-8)6-5-10-3-4-11-6/h1-2,6,10H,3-5H2/t6-/m1/s1/i6D. The molecule has 0 aliphatic carbocycles. The Hall–Kier alpha value is -0.0900. The highest BCUT2D eigenvalue weighted by Gasteiger charge is 2.16. The number of thiophene rings is 1. The number of nitrogens with one attached hydrogen (secondary N) is 1. The Morgan fingerprint density at radius 1 is 1.75 bits per heavy atom. The molecule has 1 N–H and O–H groups in total. The van der Waals surface area contributed by atoms with Crippen molar-refractivity contribution in [3.05, 3.63) is 21.3 Å². The Kier molecular flexibility index (Phi) is 2.29. The van der Waals surface area contributed by atoms with Crippen molar-refractivity contribution in [1.82, 2.24) is 5.32 Å². The summed E-state index contributed by atoms with van der Waals surface area (Å²) < 4.78 is 14.2. The van der Waals surface area contributed by atoms with Crippen molar-refractivity contribution < 1.29 is 6.11 Å². The van der Waals surface area contributed by atoms with Crippen LogP contribution in [0.15, 0.2) is 12.1 Å². The molecule has 66 valence electrons. The van der Waals surface area contributed by atoms with Crippen LogP contribution in [0.5, 0.6) is 0 Å². The normalized spacial score (nSPS) is 31.6. The van der Waals surface area contributed by atoms with E-state index in [1.54, 1.807) is 6.07 Å². The van der Waals surface area contributed by atoms with E-state index in [1.807, 2.05) is 6.07 Å². The second-order valence-corrected chi connectivity index (χ2v) is 4.27. The van der Waals surface area contributed by atoms with Crippen molar-refractivity contribution in [2.75, 3.05) is 19.7 Å². The van der Waals surface area contributed by atoms with Crippen LogP contribution >= 0.6 is 22.9 Å². The predicted octanol–water partition coefficient (Wildman–Crippen LogP) is 2.06. The van der Waals surface area contributed by atoms with Crippen molar-refractivity contribution in [2.24, 2.45) is 0 Å². The van der Waals surface area contributed by atoms with E-state index in [0.29, 0.717) is 17.5 Å². The Bertz CT molecular complexity index is 298. The lowest BCUT2D eigenvalue weighted by atomic mass is 10.2. The number of rotatable bonds is 1. The van der Waals surface area contributed by atoms with Gasteiger partial charge in [0.25, 0.3) is 0 Å². The summed E-state index contributed by atoms with van der Waals surface area (Å²) in [6.45, 7) is 1.93. The van der Waals surface area contributed by atoms with Gasteiger partial charge in [-0.05, 0) is 12.1 Å². The summed E-state index contributed by atoms with van der Waals surface area (Å²) >= 11 is 7.21. The zero-order valence-corrected chi connectivity index (χ0v) is 8.04. The summed E-state index contributed by atoms with van der Waals surface area (Å²) in [5.74, 6) is 0. The molecule has 0 unspecified atom stereocenters. The maximum Gasteiger partial charge on any atom is 0.104 e. The van der Waals surface area contributed by atoms with E-state index in [2.05, 4.69) is 5.32 Å². The summed E-state index contributed by atoms with van der Waals surface area (Å²) in [6.07, 6.45) is -0.934. The molecule has 0 radical (unpaired) electrons. The Morgan fingerprint density at radius 2 is 2.67 bits per heavy atom. The molecular weight excluding hydrogens is 194 g/mol. The highest BCUT2D eigenvalue weighted by molar-refractivity contribution is 7.16. The highest BCUT2D eigenvalue weighted by atomic mass is 35.5. The van der Waals surface area contributed by atoms with Crippen LogP contribution in [0, 0.1) is 0 Å². The van der Waals surface area contributed by atoms with Crippen LogP contribution in [0.2, 0.25) is 4.34 Å². The molecule has 1 fully saturated rings. The van der Waals surface area contributed by atoms with Crippen LogP contribution in [0.4, 0.5) is 0 Å². The molecule has 0 spiro atoms. The minimum Gasteiger partial charge on any atom is -0.370 e. The SMILES string of the molecule is [2H][C@]1(c2ccc(Cl)s2)CNCCO1. The van der Waals surface area contributed by atoms with Gasteiger partial charge in [0.2, 0.25) is 0 Å². The fraction of sp³-hybridized carbons (Fsp3) is 0.500. The number of halogens is 1. The molecule has 4 heteroatoms. The molecule has 1 saturated heterocycles. The van der Waals surface area contributed by atoms with Gasteiger partial charge in [-0.1, -0.05) is 11.6 Å². The first-order chi connectivity index (χ1) is 6.21. The molecule has 2 heterocycles. The van der Waals surface area contributed by atoms with Crippen molar-refractivity contribution in [3.8, 4) is 0 Å². The van der Waals surface area contributed by atoms with Crippen LogP contribution in [0.25, 0.3) is 0 Å². The third-order valence-electron chi connectivity index (χ3n) is 1.69. The number of hydrogen-bond donors (Lipinski definition) is 1. The van der Waals surface area contributed by atoms with Gasteiger partial charge in [0.15, 0.2) is 0 Å². The zero-order chi connectivity index (χ0) is 9.31. The summed E-state index contributed by atoms with van der Waals surface area (Å²) in [7, 11) is 0. The first-order valence-corrected chi connectivity index (χ1v) is 5.01. The highest BCUT2D eigenvalue weighted by Crippen LogP contribution is 2.29. The Labute approximate surface area is 81.9 Å². The molecular formula is C8H10ClNOS. The fourth-order valence-corrected chi connectivity index (χ4v) is 2.16. The molecule has 1 aliphatic heterocycles. The van der Waals surface area contributed by atoms with Crippen LogP contribution in [-0.2, 0) is 4.74 Å². The smallest absolute Gasteiger partial charge is 0.104 e. The quantitative estimate of drug-likeness (QED) is 0.756. The van der Waals surface area contributed by atoms with E-state index in [0.717, 1.165) is 11.4 Å². The molecule has 2 nitrogen and oxygen atoms in total. The van der Waals surface area contributed by atoms with Gasteiger partial charge in [-0.15, -0.1) is 11.3 Å². The van der Waals surface area contributed by atoms with E-state index in [1.165, 1.54) is 11.3 Å². The fourth-order valence-electron chi connectivity index (χ4n) is 1.12. The molecule has 0 amide bonds. The second kappa shape index (κ2) is 3.75. The molecule has 1 aliphatic rings. The minimum atomic E-state index is -0.934. The average Bonchev–Trinajstić information content (AvgIpc) is 2.54. The molecule has 1 atom stereocenters. The van der Waals surface area contributed by atoms with Crippen molar-refractivity contribution >= 4 is 22.9 Å². The summed E-state index contributed by atoms with van der Waals surface area (Å²) in [5.41, 5.74) is 0. The summed E-state index contributed by atoms with van der Waals surface area (Å²) in [4.78, 5) is 0.865. The second-order valence-electron chi connectivity index (χ2n) is 2.55. The Morgan fingerprint density at radius 3 is 3.25 bits per heavy atom. The average molecular weight is 205 g/mol. The van der Waals surface area contributed by atoms with Gasteiger partial charge >= 0.3 is 0 Å². The Balaban J connectivity index is 2.22. The van der Waals surface area contributed by atoms with Crippen molar-refractivity contribution in [3.63, 3.8) is 0 Å². The van der Waals surface area contributed by atoms with E-state index in [-0.39, 0.29) is 0 Å². The predicted molar refractivity (Wildman–Crippen MR) is 50.9 cm³/mol. The topological polar surface area (TPSA) is 21.3 Å². The van der Waals surface area contributed by atoms with E-state index in [4.69, 9.17) is 17.7 Å². The largest absolute Gasteiger partial charge is 0.370 e. The van der Waals surface area contributed by atoms with Crippen LogP contribution in [-0.4, -0.2) is 19.7 Å². The molecule has 12 heavy (non-hydrogen) atoms. The number of hydrogen-bond acceptors (Lipinski definition) is 3. The van der Waals surface area contributed by atoms with E-state index in [9.17, 15) is 0 Å². The molecule has 0 aromatic carbocycles. The van der Waals surface area contributed by atoms with Crippen LogP contribution in [0.1, 0.15) is 12.3 Å². The molecule has 1 aromatic rings. The van der Waals surface area contributed by atoms with Crippen molar-refractivity contribution in [2.45, 2.75) is 6.08 Å². The van der Waals surface area contributed by atoms with E-state index < -0.39 is 6.08 Å². The van der Waals surface area contributed by atoms with Crippen LogP contribution in [0.3, 0.4) is 0 Å². The van der Waals surface area contributed by atoms with Gasteiger partial charge in [0, 0.05) is 18.0 Å². The third kappa shape index (κ3) is 1.80. The van der Waals surface area contributed by atoms with Gasteiger partial charge in [0.05, 0.1) is 12.3 Å². The first kappa shape index (κ1) is 7.33. The third-order valence-corrected chi connectivity index (χ3v) is 2.96. The lowest BCUT2D eigenvalue weighted by Crippen LogP contribution is -2.32. The maximum atomic E-state index is 8.04. The van der Waals surface area contributed by atoms with Gasteiger partial charge < -0.3 is 10.1 Å². The molecule has 2 rings (SSSR count). The monoisotopic (exact) mass is 204 g/mol. The van der Waals surface area contributed by atoms with Gasteiger partial charge in [0.1, 0.15) is 6.08 Å². The summed E-state index contributed by atoms with van der Waals surface area (Å²) in [5, 5.41) is 3.13. The number of morpholine rings is 1. The molecule has 0 bridgehead atoms. The molecule has 1 aromatic heterocycles. The van der Waals surface area contributed by atoms with Crippen molar-refractivity contribution in [1.29, 1.82) is 0 Å². The summed E-state index contributed by atoms with van der Waals surface area (Å²) in [6, 6.07) is 3.66. The van der Waals surface area contributed by atoms with E-state index >= 15 is 0 Å².